The predicted molar refractivity (Wildman–Crippen MR) is 77.3 cm³/mol. The minimum Gasteiger partial charge on any atom is -0.366 e. The van der Waals surface area contributed by atoms with Crippen LogP contribution in [0.4, 0.5) is 4.39 Å². The normalized spacial score (nSPS) is 11.2. The van der Waals surface area contributed by atoms with Crippen LogP contribution in [0.2, 0.25) is 0 Å². The summed E-state index contributed by atoms with van der Waals surface area (Å²) in [5.74, 6) is -1.01. The molecule has 20 heavy (non-hydrogen) atoms. The smallest absolute Gasteiger partial charge is 0.244 e. The van der Waals surface area contributed by atoms with Crippen LogP contribution in [-0.2, 0) is 4.79 Å². The zero-order chi connectivity index (χ0) is 14.7. The van der Waals surface area contributed by atoms with Gasteiger partial charge < -0.3 is 5.73 Å². The fourth-order valence-electron chi connectivity index (χ4n) is 1.63. The van der Waals surface area contributed by atoms with Crippen LogP contribution in [-0.4, -0.2) is 5.91 Å². The molecule has 0 spiro atoms. The van der Waals surface area contributed by atoms with Crippen LogP contribution in [0.1, 0.15) is 17.4 Å². The van der Waals surface area contributed by atoms with E-state index in [4.69, 9.17) is 11.0 Å². The van der Waals surface area contributed by atoms with Crippen LogP contribution in [0.15, 0.2) is 35.9 Å². The first kappa shape index (κ1) is 14.0. The number of nitrogens with zero attached hydrogens (tertiary/aromatic N) is 1. The molecule has 0 radical (unpaired) electrons. The first-order valence-electron chi connectivity index (χ1n) is 5.79. The standard InChI is InChI=1S/C15H11FN2OS/c1-9(15(18)19)6-12-4-5-14(20-12)10-2-3-11(8-17)13(16)7-10/h2-7H,1H3,(H2,18,19)/b9-6+. The molecule has 1 aromatic heterocycles. The number of benzene rings is 1. The van der Waals surface area contributed by atoms with E-state index < -0.39 is 11.7 Å². The molecule has 0 fully saturated rings. The zero-order valence-electron chi connectivity index (χ0n) is 10.7. The Morgan fingerprint density at radius 3 is 2.75 bits per heavy atom. The molecule has 0 aliphatic carbocycles. The Bertz CT molecular complexity index is 741. The maximum Gasteiger partial charge on any atom is 0.244 e. The van der Waals surface area contributed by atoms with E-state index in [9.17, 15) is 9.18 Å². The molecular formula is C15H11FN2OS. The fourth-order valence-corrected chi connectivity index (χ4v) is 2.64. The Morgan fingerprint density at radius 2 is 2.15 bits per heavy atom. The summed E-state index contributed by atoms with van der Waals surface area (Å²) >= 11 is 1.42. The highest BCUT2D eigenvalue weighted by atomic mass is 32.1. The molecule has 0 bridgehead atoms. The molecule has 2 N–H and O–H groups in total. The fraction of sp³-hybridized carbons (Fsp3) is 0.0667. The van der Waals surface area contributed by atoms with Gasteiger partial charge in [0.2, 0.25) is 5.91 Å². The number of halogens is 1. The van der Waals surface area contributed by atoms with Gasteiger partial charge in [-0.05, 0) is 42.8 Å². The molecule has 1 amide bonds. The van der Waals surface area contributed by atoms with Gasteiger partial charge in [0.05, 0.1) is 5.56 Å². The van der Waals surface area contributed by atoms with E-state index in [1.807, 2.05) is 12.1 Å². The molecule has 5 heteroatoms. The third-order valence-corrected chi connectivity index (χ3v) is 3.83. The van der Waals surface area contributed by atoms with Crippen LogP contribution < -0.4 is 5.73 Å². The van der Waals surface area contributed by atoms with Crippen molar-refractivity contribution in [2.24, 2.45) is 5.73 Å². The summed E-state index contributed by atoms with van der Waals surface area (Å²) in [6, 6.07) is 9.94. The number of hydrogen-bond donors (Lipinski definition) is 1. The Balaban J connectivity index is 2.34. The third-order valence-electron chi connectivity index (χ3n) is 2.75. The third kappa shape index (κ3) is 2.92. The Morgan fingerprint density at radius 1 is 1.40 bits per heavy atom. The molecule has 0 unspecified atom stereocenters. The molecule has 0 saturated heterocycles. The summed E-state index contributed by atoms with van der Waals surface area (Å²) in [7, 11) is 0. The van der Waals surface area contributed by atoms with E-state index in [1.54, 1.807) is 25.1 Å². The molecule has 0 aliphatic heterocycles. The van der Waals surface area contributed by atoms with Crippen LogP contribution in [0.5, 0.6) is 0 Å². The number of carbonyl (C=O) groups excluding carboxylic acids is 1. The topological polar surface area (TPSA) is 66.9 Å². The highest BCUT2D eigenvalue weighted by molar-refractivity contribution is 7.16. The summed E-state index contributed by atoms with van der Waals surface area (Å²) in [6.07, 6.45) is 1.69. The number of nitrogens with two attached hydrogens (primary N) is 1. The zero-order valence-corrected chi connectivity index (χ0v) is 11.5. The van der Waals surface area contributed by atoms with Crippen molar-refractivity contribution in [2.45, 2.75) is 6.92 Å². The lowest BCUT2D eigenvalue weighted by Gasteiger charge is -1.98. The van der Waals surface area contributed by atoms with Crippen LogP contribution in [0.25, 0.3) is 16.5 Å². The Kier molecular flexibility index (Phi) is 3.97. The minimum absolute atomic E-state index is 0.0231. The predicted octanol–water partition coefficient (Wildman–Crippen LogP) is 3.31. The maximum atomic E-state index is 13.6. The van der Waals surface area contributed by atoms with Crippen molar-refractivity contribution in [3.05, 3.63) is 52.2 Å². The number of carbonyl (C=O) groups is 1. The van der Waals surface area contributed by atoms with E-state index >= 15 is 0 Å². The molecule has 3 nitrogen and oxygen atoms in total. The van der Waals surface area contributed by atoms with Gasteiger partial charge in [0.25, 0.3) is 0 Å². The van der Waals surface area contributed by atoms with Gasteiger partial charge in [-0.3, -0.25) is 4.79 Å². The van der Waals surface area contributed by atoms with Crippen molar-refractivity contribution in [2.75, 3.05) is 0 Å². The van der Waals surface area contributed by atoms with Crippen LogP contribution in [0.3, 0.4) is 0 Å². The SMILES string of the molecule is C/C(=C\c1ccc(-c2ccc(C#N)c(F)c2)s1)C(N)=O. The summed E-state index contributed by atoms with van der Waals surface area (Å²) < 4.78 is 13.6. The number of thiophene rings is 1. The molecule has 1 heterocycles. The molecule has 2 aromatic rings. The van der Waals surface area contributed by atoms with E-state index in [2.05, 4.69) is 0 Å². The Labute approximate surface area is 119 Å². The first-order valence-corrected chi connectivity index (χ1v) is 6.61. The van der Waals surface area contributed by atoms with Crippen molar-refractivity contribution in [1.82, 2.24) is 0 Å². The molecular weight excluding hydrogens is 275 g/mol. The summed E-state index contributed by atoms with van der Waals surface area (Å²) in [5, 5.41) is 8.70. The molecule has 2 rings (SSSR count). The van der Waals surface area contributed by atoms with Gasteiger partial charge in [-0.2, -0.15) is 5.26 Å². The first-order chi connectivity index (χ1) is 9.51. The number of primary amides is 1. The second-order valence-corrected chi connectivity index (χ2v) is 5.32. The second kappa shape index (κ2) is 5.68. The van der Waals surface area contributed by atoms with Crippen LogP contribution >= 0.6 is 11.3 Å². The van der Waals surface area contributed by atoms with E-state index in [1.165, 1.54) is 23.5 Å². The van der Waals surface area contributed by atoms with Crippen molar-refractivity contribution < 1.29 is 9.18 Å². The van der Waals surface area contributed by atoms with Gasteiger partial charge in [-0.25, -0.2) is 4.39 Å². The van der Waals surface area contributed by atoms with Gasteiger partial charge in [0.1, 0.15) is 11.9 Å². The monoisotopic (exact) mass is 286 g/mol. The highest BCUT2D eigenvalue weighted by Crippen LogP contribution is 2.30. The average molecular weight is 286 g/mol. The largest absolute Gasteiger partial charge is 0.366 e. The quantitative estimate of drug-likeness (QED) is 0.879. The van der Waals surface area contributed by atoms with Crippen LogP contribution in [0, 0.1) is 17.1 Å². The van der Waals surface area contributed by atoms with Crippen molar-refractivity contribution in [1.29, 1.82) is 5.26 Å². The van der Waals surface area contributed by atoms with Gasteiger partial charge >= 0.3 is 0 Å². The lowest BCUT2D eigenvalue weighted by Crippen LogP contribution is -2.11. The van der Waals surface area contributed by atoms with Gasteiger partial charge in [0, 0.05) is 15.3 Å². The average Bonchev–Trinajstić information content (AvgIpc) is 2.87. The molecule has 0 saturated carbocycles. The van der Waals surface area contributed by atoms with Crippen molar-refractivity contribution in [3.8, 4) is 16.5 Å². The molecule has 100 valence electrons. The van der Waals surface area contributed by atoms with Gasteiger partial charge in [0.15, 0.2) is 0 Å². The molecule has 1 aromatic carbocycles. The Hall–Kier alpha value is -2.45. The number of nitriles is 1. The summed E-state index contributed by atoms with van der Waals surface area (Å²) in [4.78, 5) is 12.7. The lowest BCUT2D eigenvalue weighted by atomic mass is 10.1. The molecule has 0 atom stereocenters. The maximum absolute atomic E-state index is 13.6. The van der Waals surface area contributed by atoms with E-state index in [0.29, 0.717) is 11.1 Å². The van der Waals surface area contributed by atoms with E-state index in [-0.39, 0.29) is 5.56 Å². The minimum atomic E-state index is -0.538. The summed E-state index contributed by atoms with van der Waals surface area (Å²) in [5.41, 5.74) is 6.35. The number of rotatable bonds is 3. The highest BCUT2D eigenvalue weighted by Gasteiger charge is 2.07. The summed E-state index contributed by atoms with van der Waals surface area (Å²) in [6.45, 7) is 1.64. The van der Waals surface area contributed by atoms with Gasteiger partial charge in [-0.1, -0.05) is 6.07 Å². The van der Waals surface area contributed by atoms with Gasteiger partial charge in [-0.15, -0.1) is 11.3 Å². The number of amides is 1. The number of hydrogen-bond acceptors (Lipinski definition) is 3. The molecule has 0 aliphatic rings. The van der Waals surface area contributed by atoms with Crippen molar-refractivity contribution >= 4 is 23.3 Å². The lowest BCUT2D eigenvalue weighted by molar-refractivity contribution is -0.114. The van der Waals surface area contributed by atoms with E-state index in [0.717, 1.165) is 9.75 Å². The second-order valence-electron chi connectivity index (χ2n) is 4.20. The van der Waals surface area contributed by atoms with Crippen molar-refractivity contribution in [3.63, 3.8) is 0 Å².